The molecule has 9 heteroatoms. The Kier molecular flexibility index (Phi) is 6.55. The number of benzene rings is 3. The van der Waals surface area contributed by atoms with Crippen LogP contribution in [0.4, 0.5) is 10.5 Å². The number of rotatable bonds is 5. The lowest BCUT2D eigenvalue weighted by atomic mass is 10.1. The number of carbonyl (C=O) groups excluding carboxylic acids is 4. The van der Waals surface area contributed by atoms with E-state index >= 15 is 0 Å². The van der Waals surface area contributed by atoms with Crippen molar-refractivity contribution in [3.8, 4) is 11.5 Å². The minimum Gasteiger partial charge on any atom is -0.495 e. The number of amides is 4. The highest BCUT2D eigenvalue weighted by molar-refractivity contribution is 9.10. The van der Waals surface area contributed by atoms with Crippen LogP contribution in [0, 0.1) is 0 Å². The van der Waals surface area contributed by atoms with Gasteiger partial charge in [-0.3, -0.25) is 14.9 Å². The van der Waals surface area contributed by atoms with Crippen LogP contribution in [0.15, 0.2) is 82.8 Å². The van der Waals surface area contributed by atoms with Gasteiger partial charge in [-0.2, -0.15) is 0 Å². The van der Waals surface area contributed by atoms with Crippen LogP contribution in [0.5, 0.6) is 11.5 Å². The summed E-state index contributed by atoms with van der Waals surface area (Å²) in [5, 5.41) is 2.16. The summed E-state index contributed by atoms with van der Waals surface area (Å²) in [7, 11) is 1.41. The zero-order valence-corrected chi connectivity index (χ0v) is 19.4. The van der Waals surface area contributed by atoms with Crippen molar-refractivity contribution in [2.24, 2.45) is 0 Å². The molecule has 1 N–H and O–H groups in total. The van der Waals surface area contributed by atoms with Gasteiger partial charge in [0.2, 0.25) is 0 Å². The second kappa shape index (κ2) is 9.72. The molecular weight excluding hydrogens is 504 g/mol. The van der Waals surface area contributed by atoms with Gasteiger partial charge in [-0.25, -0.2) is 14.5 Å². The van der Waals surface area contributed by atoms with Crippen molar-refractivity contribution >= 4 is 51.5 Å². The molecule has 3 aromatic rings. The Morgan fingerprint density at radius 3 is 2.26 bits per heavy atom. The number of anilines is 1. The number of hydrogen-bond donors (Lipinski definition) is 1. The number of hydrogen-bond acceptors (Lipinski definition) is 6. The summed E-state index contributed by atoms with van der Waals surface area (Å²) in [5.41, 5.74) is 0.504. The van der Waals surface area contributed by atoms with E-state index in [4.69, 9.17) is 9.47 Å². The lowest BCUT2D eigenvalue weighted by Crippen LogP contribution is -2.54. The average Bonchev–Trinajstić information content (AvgIpc) is 2.83. The molecule has 0 aromatic heterocycles. The molecule has 1 saturated heterocycles. The topological polar surface area (TPSA) is 102 Å². The summed E-state index contributed by atoms with van der Waals surface area (Å²) in [6.07, 6.45) is 1.27. The number of nitrogens with one attached hydrogen (secondary N) is 1. The minimum absolute atomic E-state index is 0.143. The molecule has 0 radical (unpaired) electrons. The highest BCUT2D eigenvalue weighted by Gasteiger charge is 2.38. The normalized spacial score (nSPS) is 14.7. The van der Waals surface area contributed by atoms with Crippen molar-refractivity contribution in [1.82, 2.24) is 5.32 Å². The van der Waals surface area contributed by atoms with E-state index in [2.05, 4.69) is 21.2 Å². The first-order valence-electron chi connectivity index (χ1n) is 10.0. The summed E-state index contributed by atoms with van der Waals surface area (Å²) in [4.78, 5) is 51.7. The van der Waals surface area contributed by atoms with Gasteiger partial charge >= 0.3 is 12.0 Å². The lowest BCUT2D eigenvalue weighted by Gasteiger charge is -2.27. The summed E-state index contributed by atoms with van der Waals surface area (Å²) in [6, 6.07) is 18.6. The Hall–Kier alpha value is -4.24. The molecule has 1 heterocycles. The number of imide groups is 2. The third kappa shape index (κ3) is 4.60. The zero-order valence-electron chi connectivity index (χ0n) is 17.8. The predicted octanol–water partition coefficient (Wildman–Crippen LogP) is 4.34. The van der Waals surface area contributed by atoms with Gasteiger partial charge in [0.1, 0.15) is 17.1 Å². The molecule has 0 unspecified atom stereocenters. The fraction of sp³-hybridized carbons (Fsp3) is 0.0400. The van der Waals surface area contributed by atoms with E-state index < -0.39 is 23.8 Å². The maximum atomic E-state index is 13.2. The Balaban J connectivity index is 1.69. The predicted molar refractivity (Wildman–Crippen MR) is 128 cm³/mol. The largest absolute Gasteiger partial charge is 0.495 e. The van der Waals surface area contributed by atoms with Crippen LogP contribution in [0.3, 0.4) is 0 Å². The van der Waals surface area contributed by atoms with Crippen LogP contribution >= 0.6 is 15.9 Å². The maximum absolute atomic E-state index is 13.2. The molecule has 0 aliphatic carbocycles. The molecule has 0 atom stereocenters. The number of urea groups is 1. The SMILES string of the molecule is COc1ccccc1N1C(=O)NC(=O)/C(=C/c2ccccc2OC(=O)c2ccc(Br)cc2)C1=O. The molecule has 4 rings (SSSR count). The van der Waals surface area contributed by atoms with Crippen LogP contribution < -0.4 is 19.7 Å². The summed E-state index contributed by atoms with van der Waals surface area (Å²) < 4.78 is 11.6. The molecule has 170 valence electrons. The molecule has 1 aliphatic heterocycles. The smallest absolute Gasteiger partial charge is 0.343 e. The highest BCUT2D eigenvalue weighted by Crippen LogP contribution is 2.31. The molecule has 3 aromatic carbocycles. The molecule has 0 saturated carbocycles. The van der Waals surface area contributed by atoms with Gasteiger partial charge in [-0.1, -0.05) is 46.3 Å². The quantitative estimate of drug-likeness (QED) is 0.232. The second-order valence-corrected chi connectivity index (χ2v) is 7.98. The van der Waals surface area contributed by atoms with Crippen molar-refractivity contribution in [3.05, 3.63) is 94.0 Å². The Labute approximate surface area is 202 Å². The molecule has 4 amide bonds. The number of carbonyl (C=O) groups is 4. The number of barbiturate groups is 1. The van der Waals surface area contributed by atoms with Crippen molar-refractivity contribution in [1.29, 1.82) is 0 Å². The molecule has 34 heavy (non-hydrogen) atoms. The van der Waals surface area contributed by atoms with E-state index in [1.807, 2.05) is 0 Å². The van der Waals surface area contributed by atoms with Crippen LogP contribution in [0.25, 0.3) is 6.08 Å². The van der Waals surface area contributed by atoms with E-state index in [-0.39, 0.29) is 22.8 Å². The minimum atomic E-state index is -0.897. The Morgan fingerprint density at radius 2 is 1.56 bits per heavy atom. The van der Waals surface area contributed by atoms with Crippen LogP contribution in [-0.2, 0) is 9.59 Å². The first-order chi connectivity index (χ1) is 16.4. The third-order valence-electron chi connectivity index (χ3n) is 4.93. The van der Waals surface area contributed by atoms with Crippen molar-refractivity contribution in [3.63, 3.8) is 0 Å². The summed E-state index contributed by atoms with van der Waals surface area (Å²) in [5.74, 6) is -1.89. The number of nitrogens with zero attached hydrogens (tertiary/aromatic N) is 1. The number of halogens is 1. The van der Waals surface area contributed by atoms with Crippen LogP contribution in [0.1, 0.15) is 15.9 Å². The maximum Gasteiger partial charge on any atom is 0.343 e. The van der Waals surface area contributed by atoms with E-state index in [1.165, 1.54) is 25.3 Å². The van der Waals surface area contributed by atoms with Gasteiger partial charge < -0.3 is 9.47 Å². The van der Waals surface area contributed by atoms with Gasteiger partial charge in [0.25, 0.3) is 11.8 Å². The average molecular weight is 521 g/mol. The Morgan fingerprint density at radius 1 is 0.912 bits per heavy atom. The monoisotopic (exact) mass is 520 g/mol. The summed E-state index contributed by atoms with van der Waals surface area (Å²) >= 11 is 3.31. The van der Waals surface area contributed by atoms with Gasteiger partial charge in [-0.05, 0) is 48.5 Å². The standard InChI is InChI=1S/C25H17BrN2O6/c1-33-21-9-5-3-7-19(21)28-23(30)18(22(29)27-25(28)32)14-16-6-2-4-8-20(16)34-24(31)15-10-12-17(26)13-11-15/h2-14H,1H3,(H,27,29,32)/b18-14-. The van der Waals surface area contributed by atoms with Crippen molar-refractivity contribution < 1.29 is 28.7 Å². The van der Waals surface area contributed by atoms with Gasteiger partial charge in [-0.15, -0.1) is 0 Å². The van der Waals surface area contributed by atoms with E-state index in [0.29, 0.717) is 11.1 Å². The van der Waals surface area contributed by atoms with E-state index in [9.17, 15) is 19.2 Å². The van der Waals surface area contributed by atoms with Crippen LogP contribution in [-0.4, -0.2) is 30.9 Å². The van der Waals surface area contributed by atoms with Gasteiger partial charge in [0.15, 0.2) is 0 Å². The zero-order chi connectivity index (χ0) is 24.2. The number of esters is 1. The lowest BCUT2D eigenvalue weighted by molar-refractivity contribution is -0.122. The molecule has 0 bridgehead atoms. The number of para-hydroxylation sites is 3. The fourth-order valence-electron chi connectivity index (χ4n) is 3.28. The Bertz CT molecular complexity index is 1330. The number of ether oxygens (including phenoxy) is 2. The third-order valence-corrected chi connectivity index (χ3v) is 5.46. The fourth-order valence-corrected chi connectivity index (χ4v) is 3.55. The molecule has 1 fully saturated rings. The van der Waals surface area contributed by atoms with Gasteiger partial charge in [0, 0.05) is 10.0 Å². The molecular formula is C25H17BrN2O6. The first kappa shape index (κ1) is 22.9. The number of methoxy groups -OCH3 is 1. The molecule has 1 aliphatic rings. The van der Waals surface area contributed by atoms with Crippen LogP contribution in [0.2, 0.25) is 0 Å². The van der Waals surface area contributed by atoms with E-state index in [1.54, 1.807) is 60.7 Å². The first-order valence-corrected chi connectivity index (χ1v) is 10.8. The molecule has 8 nitrogen and oxygen atoms in total. The second-order valence-electron chi connectivity index (χ2n) is 7.06. The van der Waals surface area contributed by atoms with Crippen molar-refractivity contribution in [2.75, 3.05) is 12.0 Å². The van der Waals surface area contributed by atoms with E-state index in [0.717, 1.165) is 9.37 Å². The molecule has 0 spiro atoms. The van der Waals surface area contributed by atoms with Crippen molar-refractivity contribution in [2.45, 2.75) is 0 Å². The van der Waals surface area contributed by atoms with Gasteiger partial charge in [0.05, 0.1) is 18.4 Å². The summed E-state index contributed by atoms with van der Waals surface area (Å²) in [6.45, 7) is 0. The highest BCUT2D eigenvalue weighted by atomic mass is 79.9.